The van der Waals surface area contributed by atoms with Gasteiger partial charge in [-0.05, 0) is 25.8 Å². The fraction of sp³-hybridized carbons (Fsp3) is 0.353. The first kappa shape index (κ1) is 15.9. The summed E-state index contributed by atoms with van der Waals surface area (Å²) >= 11 is 0. The van der Waals surface area contributed by atoms with Crippen molar-refractivity contribution in [3.63, 3.8) is 0 Å². The number of hydrogen-bond donors (Lipinski definition) is 1. The van der Waals surface area contributed by atoms with Gasteiger partial charge in [-0.3, -0.25) is 4.79 Å². The van der Waals surface area contributed by atoms with Crippen molar-refractivity contribution in [2.24, 2.45) is 0 Å². The van der Waals surface area contributed by atoms with Gasteiger partial charge in [0.05, 0.1) is 5.56 Å². The lowest BCUT2D eigenvalue weighted by atomic mass is 10.1. The van der Waals surface area contributed by atoms with E-state index in [0.29, 0.717) is 18.1 Å². The number of amides is 1. The lowest BCUT2D eigenvalue weighted by Gasteiger charge is -2.17. The summed E-state index contributed by atoms with van der Waals surface area (Å²) in [5.41, 5.74) is 1.69. The van der Waals surface area contributed by atoms with Gasteiger partial charge in [-0.25, -0.2) is 9.97 Å². The highest BCUT2D eigenvalue weighted by Crippen LogP contribution is 2.06. The number of benzene rings is 1. The Labute approximate surface area is 131 Å². The molecule has 0 aliphatic rings. The molecule has 1 heterocycles. The van der Waals surface area contributed by atoms with Crippen LogP contribution in [0.3, 0.4) is 0 Å². The Hall–Kier alpha value is -2.43. The quantitative estimate of drug-likeness (QED) is 0.852. The van der Waals surface area contributed by atoms with Crippen LogP contribution in [0.5, 0.6) is 0 Å². The SMILES string of the molecule is CCN(CC)c1ncc(C(=O)NCCc2ccccc2)cn1. The van der Waals surface area contributed by atoms with Crippen molar-refractivity contribution >= 4 is 11.9 Å². The van der Waals surface area contributed by atoms with Gasteiger partial charge in [0.1, 0.15) is 0 Å². The molecule has 0 saturated heterocycles. The molecule has 5 nitrogen and oxygen atoms in total. The van der Waals surface area contributed by atoms with Gasteiger partial charge in [0.2, 0.25) is 5.95 Å². The van der Waals surface area contributed by atoms with Crippen molar-refractivity contribution < 1.29 is 4.79 Å². The molecule has 0 saturated carbocycles. The van der Waals surface area contributed by atoms with Crippen LogP contribution in [0.15, 0.2) is 42.7 Å². The minimum absolute atomic E-state index is 0.137. The van der Waals surface area contributed by atoms with E-state index in [0.717, 1.165) is 19.5 Å². The number of carbonyl (C=O) groups is 1. The van der Waals surface area contributed by atoms with Gasteiger partial charge >= 0.3 is 0 Å². The minimum atomic E-state index is -0.137. The standard InChI is InChI=1S/C17H22N4O/c1-3-21(4-2)17-19-12-15(13-20-17)16(22)18-11-10-14-8-6-5-7-9-14/h5-9,12-13H,3-4,10-11H2,1-2H3,(H,18,22). The third kappa shape index (κ3) is 4.28. The van der Waals surface area contributed by atoms with Crippen LogP contribution in [-0.4, -0.2) is 35.5 Å². The predicted molar refractivity (Wildman–Crippen MR) is 88.1 cm³/mol. The van der Waals surface area contributed by atoms with Crippen LogP contribution < -0.4 is 10.2 Å². The number of aromatic nitrogens is 2. The molecule has 0 radical (unpaired) electrons. The average molecular weight is 298 g/mol. The van der Waals surface area contributed by atoms with Crippen molar-refractivity contribution in [1.82, 2.24) is 15.3 Å². The molecule has 1 aromatic heterocycles. The van der Waals surface area contributed by atoms with Crippen LogP contribution in [0.2, 0.25) is 0 Å². The Morgan fingerprint density at radius 2 is 1.73 bits per heavy atom. The molecule has 1 amide bonds. The van der Waals surface area contributed by atoms with Gasteiger partial charge in [-0.2, -0.15) is 0 Å². The van der Waals surface area contributed by atoms with Crippen LogP contribution in [0.1, 0.15) is 29.8 Å². The summed E-state index contributed by atoms with van der Waals surface area (Å²) in [5.74, 6) is 0.521. The summed E-state index contributed by atoms with van der Waals surface area (Å²) in [6, 6.07) is 10.1. The minimum Gasteiger partial charge on any atom is -0.352 e. The number of hydrogen-bond acceptors (Lipinski definition) is 4. The second-order valence-corrected chi connectivity index (χ2v) is 4.94. The molecular weight excluding hydrogens is 276 g/mol. The van der Waals surface area contributed by atoms with E-state index in [9.17, 15) is 4.79 Å². The second kappa shape index (κ2) is 8.12. The lowest BCUT2D eigenvalue weighted by Crippen LogP contribution is -2.27. The van der Waals surface area contributed by atoms with Gasteiger partial charge in [-0.15, -0.1) is 0 Å². The maximum atomic E-state index is 12.1. The van der Waals surface area contributed by atoms with Crippen LogP contribution in [-0.2, 0) is 6.42 Å². The number of anilines is 1. The monoisotopic (exact) mass is 298 g/mol. The van der Waals surface area contributed by atoms with Crippen molar-refractivity contribution in [2.75, 3.05) is 24.5 Å². The van der Waals surface area contributed by atoms with E-state index >= 15 is 0 Å². The molecule has 2 rings (SSSR count). The molecule has 0 spiro atoms. The van der Waals surface area contributed by atoms with Crippen LogP contribution in [0.4, 0.5) is 5.95 Å². The van der Waals surface area contributed by atoms with Gasteiger partial charge in [0.25, 0.3) is 5.91 Å². The Morgan fingerprint density at radius 1 is 1.09 bits per heavy atom. The fourth-order valence-corrected chi connectivity index (χ4v) is 2.18. The van der Waals surface area contributed by atoms with Crippen molar-refractivity contribution in [3.8, 4) is 0 Å². The summed E-state index contributed by atoms with van der Waals surface area (Å²) in [5, 5.41) is 2.89. The zero-order valence-corrected chi connectivity index (χ0v) is 13.1. The van der Waals surface area contributed by atoms with E-state index in [4.69, 9.17) is 0 Å². The van der Waals surface area contributed by atoms with Gasteiger partial charge in [-0.1, -0.05) is 30.3 Å². The normalized spacial score (nSPS) is 10.3. The molecule has 1 N–H and O–H groups in total. The molecule has 0 aliphatic heterocycles. The summed E-state index contributed by atoms with van der Waals surface area (Å²) in [7, 11) is 0. The van der Waals surface area contributed by atoms with E-state index in [1.165, 1.54) is 5.56 Å². The van der Waals surface area contributed by atoms with E-state index in [1.54, 1.807) is 12.4 Å². The summed E-state index contributed by atoms with van der Waals surface area (Å²) in [4.78, 5) is 22.6. The Kier molecular flexibility index (Phi) is 5.89. The number of nitrogens with zero attached hydrogens (tertiary/aromatic N) is 3. The first-order chi connectivity index (χ1) is 10.7. The maximum Gasteiger partial charge on any atom is 0.254 e. The largest absolute Gasteiger partial charge is 0.352 e. The topological polar surface area (TPSA) is 58.1 Å². The highest BCUT2D eigenvalue weighted by Gasteiger charge is 2.09. The fourth-order valence-electron chi connectivity index (χ4n) is 2.18. The molecular formula is C17H22N4O. The Balaban J connectivity index is 1.87. The van der Waals surface area contributed by atoms with Crippen LogP contribution >= 0.6 is 0 Å². The Morgan fingerprint density at radius 3 is 2.32 bits per heavy atom. The molecule has 0 atom stereocenters. The van der Waals surface area contributed by atoms with Crippen molar-refractivity contribution in [1.29, 1.82) is 0 Å². The van der Waals surface area contributed by atoms with E-state index in [-0.39, 0.29) is 5.91 Å². The van der Waals surface area contributed by atoms with Crippen molar-refractivity contribution in [3.05, 3.63) is 53.9 Å². The molecule has 22 heavy (non-hydrogen) atoms. The lowest BCUT2D eigenvalue weighted by molar-refractivity contribution is 0.0953. The van der Waals surface area contributed by atoms with Gasteiger partial charge < -0.3 is 10.2 Å². The molecule has 0 bridgehead atoms. The third-order valence-electron chi connectivity index (χ3n) is 3.49. The van der Waals surface area contributed by atoms with Gasteiger partial charge in [0.15, 0.2) is 0 Å². The zero-order valence-electron chi connectivity index (χ0n) is 13.1. The molecule has 5 heteroatoms. The summed E-state index contributed by atoms with van der Waals surface area (Å²) in [6.45, 7) is 6.40. The van der Waals surface area contributed by atoms with E-state index in [2.05, 4.69) is 29.1 Å². The smallest absolute Gasteiger partial charge is 0.254 e. The highest BCUT2D eigenvalue weighted by molar-refractivity contribution is 5.93. The van der Waals surface area contributed by atoms with Crippen LogP contribution in [0, 0.1) is 0 Å². The molecule has 2 aromatic rings. The number of carbonyl (C=O) groups excluding carboxylic acids is 1. The molecule has 116 valence electrons. The number of rotatable bonds is 7. The highest BCUT2D eigenvalue weighted by atomic mass is 16.1. The second-order valence-electron chi connectivity index (χ2n) is 4.94. The first-order valence-electron chi connectivity index (χ1n) is 7.63. The summed E-state index contributed by atoms with van der Waals surface area (Å²) in [6.07, 6.45) is 3.97. The predicted octanol–water partition coefficient (Wildman–Crippen LogP) is 2.30. The van der Waals surface area contributed by atoms with Crippen LogP contribution in [0.25, 0.3) is 0 Å². The third-order valence-corrected chi connectivity index (χ3v) is 3.49. The Bertz CT molecular complexity index is 579. The first-order valence-corrected chi connectivity index (χ1v) is 7.63. The zero-order chi connectivity index (χ0) is 15.8. The molecule has 1 aromatic carbocycles. The molecule has 0 fully saturated rings. The van der Waals surface area contributed by atoms with Crippen molar-refractivity contribution in [2.45, 2.75) is 20.3 Å². The number of nitrogens with one attached hydrogen (secondary N) is 1. The van der Waals surface area contributed by atoms with E-state index < -0.39 is 0 Å². The van der Waals surface area contributed by atoms with Gasteiger partial charge in [0, 0.05) is 32.0 Å². The molecule has 0 aliphatic carbocycles. The average Bonchev–Trinajstić information content (AvgIpc) is 2.57. The maximum absolute atomic E-state index is 12.1. The summed E-state index contributed by atoms with van der Waals surface area (Å²) < 4.78 is 0. The van der Waals surface area contributed by atoms with E-state index in [1.807, 2.05) is 35.2 Å². The molecule has 0 unspecified atom stereocenters.